The van der Waals surface area contributed by atoms with Crippen molar-refractivity contribution in [3.8, 4) is 0 Å². The number of benzene rings is 1. The first kappa shape index (κ1) is 18.1. The number of nitro groups is 1. The average molecular weight is 318 g/mol. The van der Waals surface area contributed by atoms with Gasteiger partial charge < -0.3 is 9.64 Å². The first-order valence-corrected chi connectivity index (χ1v) is 6.92. The van der Waals surface area contributed by atoms with Crippen LogP contribution in [-0.4, -0.2) is 41.4 Å². The molecule has 1 aromatic rings. The van der Waals surface area contributed by atoms with Gasteiger partial charge in [0.2, 0.25) is 0 Å². The Morgan fingerprint density at radius 3 is 2.26 bits per heavy atom. The van der Waals surface area contributed by atoms with Gasteiger partial charge in [-0.2, -0.15) is 0 Å². The van der Waals surface area contributed by atoms with Crippen LogP contribution in [0.2, 0.25) is 0 Å². The van der Waals surface area contributed by atoms with Gasteiger partial charge in [0.05, 0.1) is 17.1 Å². The van der Waals surface area contributed by atoms with Gasteiger partial charge in [0, 0.05) is 30.8 Å². The summed E-state index contributed by atoms with van der Waals surface area (Å²) in [5, 5.41) is 11.0. The molecule has 1 aromatic carbocycles. The fourth-order valence-corrected chi connectivity index (χ4v) is 1.91. The highest BCUT2D eigenvalue weighted by atomic mass is 16.6. The molecule has 0 aliphatic heterocycles. The van der Waals surface area contributed by atoms with E-state index in [4.69, 9.17) is 4.74 Å². The molecular formula is C16H18N2O5. The largest absolute Gasteiger partial charge is 0.462 e. The summed E-state index contributed by atoms with van der Waals surface area (Å²) in [7, 11) is 0. The number of carbonyl (C=O) groups excluding carboxylic acids is 2. The molecule has 122 valence electrons. The molecule has 0 heterocycles. The molecule has 0 N–H and O–H groups in total. The van der Waals surface area contributed by atoms with Gasteiger partial charge in [-0.25, -0.2) is 4.79 Å². The monoisotopic (exact) mass is 318 g/mol. The Balaban J connectivity index is 3.29. The molecule has 7 nitrogen and oxygen atoms in total. The maximum Gasteiger partial charge on any atom is 0.338 e. The molecule has 0 unspecified atom stereocenters. The molecule has 0 spiro atoms. The van der Waals surface area contributed by atoms with Crippen molar-refractivity contribution in [3.05, 3.63) is 64.8 Å². The molecule has 0 fully saturated rings. The topological polar surface area (TPSA) is 89.8 Å². The molecular weight excluding hydrogens is 300 g/mol. The van der Waals surface area contributed by atoms with Gasteiger partial charge in [-0.1, -0.05) is 12.2 Å². The molecule has 0 radical (unpaired) electrons. The van der Waals surface area contributed by atoms with E-state index in [1.807, 2.05) is 0 Å². The second-order valence-electron chi connectivity index (χ2n) is 4.53. The van der Waals surface area contributed by atoms with Crippen LogP contribution in [0, 0.1) is 10.1 Å². The van der Waals surface area contributed by atoms with E-state index in [1.54, 1.807) is 6.92 Å². The summed E-state index contributed by atoms with van der Waals surface area (Å²) in [6.45, 7) is 9.38. The molecule has 7 heteroatoms. The van der Waals surface area contributed by atoms with E-state index < -0.39 is 16.8 Å². The summed E-state index contributed by atoms with van der Waals surface area (Å²) in [5.74, 6) is -1.18. The highest BCUT2D eigenvalue weighted by Crippen LogP contribution is 2.19. The van der Waals surface area contributed by atoms with E-state index in [-0.39, 0.29) is 36.5 Å². The number of non-ortho nitro benzene ring substituents is 1. The van der Waals surface area contributed by atoms with Crippen molar-refractivity contribution in [1.82, 2.24) is 4.90 Å². The van der Waals surface area contributed by atoms with Crippen LogP contribution in [0.3, 0.4) is 0 Å². The van der Waals surface area contributed by atoms with Gasteiger partial charge in [-0.3, -0.25) is 14.9 Å². The zero-order valence-corrected chi connectivity index (χ0v) is 12.9. The number of esters is 1. The van der Waals surface area contributed by atoms with Gasteiger partial charge in [0.25, 0.3) is 11.6 Å². The van der Waals surface area contributed by atoms with Crippen molar-refractivity contribution in [2.45, 2.75) is 6.92 Å². The van der Waals surface area contributed by atoms with Gasteiger partial charge in [-0.05, 0) is 13.0 Å². The second kappa shape index (κ2) is 8.47. The van der Waals surface area contributed by atoms with Crippen LogP contribution in [0.25, 0.3) is 0 Å². The zero-order chi connectivity index (χ0) is 17.4. The first-order valence-electron chi connectivity index (χ1n) is 6.92. The van der Waals surface area contributed by atoms with Crippen LogP contribution in [0.1, 0.15) is 27.6 Å². The van der Waals surface area contributed by atoms with Gasteiger partial charge in [0.15, 0.2) is 0 Å². The van der Waals surface area contributed by atoms with Crippen molar-refractivity contribution in [3.63, 3.8) is 0 Å². The normalized spacial score (nSPS) is 9.78. The Hall–Kier alpha value is -2.96. The highest BCUT2D eigenvalue weighted by molar-refractivity contribution is 5.99. The van der Waals surface area contributed by atoms with E-state index in [0.29, 0.717) is 0 Å². The summed E-state index contributed by atoms with van der Waals surface area (Å²) in [6.07, 6.45) is 3.07. The lowest BCUT2D eigenvalue weighted by molar-refractivity contribution is -0.384. The number of hydrogen-bond acceptors (Lipinski definition) is 5. The molecule has 0 bridgehead atoms. The van der Waals surface area contributed by atoms with Gasteiger partial charge in [0.1, 0.15) is 0 Å². The van der Waals surface area contributed by atoms with Crippen molar-refractivity contribution >= 4 is 17.6 Å². The van der Waals surface area contributed by atoms with Gasteiger partial charge >= 0.3 is 5.97 Å². The third kappa shape index (κ3) is 4.77. The Morgan fingerprint density at radius 2 is 1.78 bits per heavy atom. The third-order valence-corrected chi connectivity index (χ3v) is 2.87. The maximum atomic E-state index is 12.5. The van der Waals surface area contributed by atoms with E-state index in [0.717, 1.165) is 12.1 Å². The number of amides is 1. The number of ether oxygens (including phenoxy) is 1. The minimum Gasteiger partial charge on any atom is -0.462 e. The average Bonchev–Trinajstić information content (AvgIpc) is 2.53. The molecule has 0 saturated carbocycles. The standard InChI is InChI=1S/C16H18N2O5/c1-4-7-17(8-5-2)15(19)12-9-13(16(20)23-6-3)11-14(10-12)18(21)22/h4-5,9-11H,1-2,6-8H2,3H3. The molecule has 0 atom stereocenters. The maximum absolute atomic E-state index is 12.5. The second-order valence-corrected chi connectivity index (χ2v) is 4.53. The van der Waals surface area contributed by atoms with Crippen molar-refractivity contribution in [2.75, 3.05) is 19.7 Å². The van der Waals surface area contributed by atoms with Crippen LogP contribution in [0.4, 0.5) is 5.69 Å². The number of nitro benzene ring substituents is 1. The zero-order valence-electron chi connectivity index (χ0n) is 12.9. The summed E-state index contributed by atoms with van der Waals surface area (Å²) < 4.78 is 4.83. The Labute approximate surface area is 134 Å². The van der Waals surface area contributed by atoms with Crippen LogP contribution >= 0.6 is 0 Å². The van der Waals surface area contributed by atoms with E-state index in [1.165, 1.54) is 23.1 Å². The number of rotatable bonds is 8. The highest BCUT2D eigenvalue weighted by Gasteiger charge is 2.21. The quantitative estimate of drug-likeness (QED) is 0.318. The van der Waals surface area contributed by atoms with E-state index in [2.05, 4.69) is 13.2 Å². The van der Waals surface area contributed by atoms with Crippen molar-refractivity contribution < 1.29 is 19.2 Å². The lowest BCUT2D eigenvalue weighted by atomic mass is 10.1. The predicted octanol–water partition coefficient (Wildman–Crippen LogP) is 2.59. The molecule has 0 aliphatic carbocycles. The van der Waals surface area contributed by atoms with Crippen molar-refractivity contribution in [2.24, 2.45) is 0 Å². The van der Waals surface area contributed by atoms with Crippen molar-refractivity contribution in [1.29, 1.82) is 0 Å². The summed E-state index contributed by atoms with van der Waals surface area (Å²) in [5.41, 5.74) is -0.358. The summed E-state index contributed by atoms with van der Waals surface area (Å²) in [4.78, 5) is 36.1. The SMILES string of the molecule is C=CCN(CC=C)C(=O)c1cc(C(=O)OCC)cc([N+](=O)[O-])c1. The fraction of sp³-hybridized carbons (Fsp3) is 0.250. The van der Waals surface area contributed by atoms with Crippen LogP contribution in [0.5, 0.6) is 0 Å². The lowest BCUT2D eigenvalue weighted by Crippen LogP contribution is -2.31. The fourth-order valence-electron chi connectivity index (χ4n) is 1.91. The molecule has 0 saturated heterocycles. The van der Waals surface area contributed by atoms with Crippen LogP contribution in [-0.2, 0) is 4.74 Å². The molecule has 1 amide bonds. The smallest absolute Gasteiger partial charge is 0.338 e. The number of nitrogens with zero attached hydrogens (tertiary/aromatic N) is 2. The Kier molecular flexibility index (Phi) is 6.67. The summed E-state index contributed by atoms with van der Waals surface area (Å²) in [6, 6.07) is 3.50. The van der Waals surface area contributed by atoms with E-state index in [9.17, 15) is 19.7 Å². The van der Waals surface area contributed by atoms with Crippen LogP contribution in [0.15, 0.2) is 43.5 Å². The lowest BCUT2D eigenvalue weighted by Gasteiger charge is -2.19. The molecule has 0 aliphatic rings. The minimum absolute atomic E-state index is 0.0333. The van der Waals surface area contributed by atoms with Gasteiger partial charge in [-0.15, -0.1) is 13.2 Å². The van der Waals surface area contributed by atoms with E-state index >= 15 is 0 Å². The Morgan fingerprint density at radius 1 is 1.22 bits per heavy atom. The number of carbonyl (C=O) groups is 2. The Bertz CT molecular complexity index is 629. The first-order chi connectivity index (χ1) is 10.9. The van der Waals surface area contributed by atoms with Crippen LogP contribution < -0.4 is 0 Å². The molecule has 23 heavy (non-hydrogen) atoms. The number of hydrogen-bond donors (Lipinski definition) is 0. The predicted molar refractivity (Wildman–Crippen MR) is 85.4 cm³/mol. The minimum atomic E-state index is -0.718. The third-order valence-electron chi connectivity index (χ3n) is 2.87. The summed E-state index contributed by atoms with van der Waals surface area (Å²) >= 11 is 0. The molecule has 0 aromatic heterocycles. The molecule has 1 rings (SSSR count).